The van der Waals surface area contributed by atoms with E-state index in [-0.39, 0.29) is 19.7 Å². The average molecular weight is 225 g/mol. The van der Waals surface area contributed by atoms with Gasteiger partial charge in [-0.3, -0.25) is 0 Å². The standard InChI is InChI=1S/C7H15N3Si3/c1-6-4-2-3-5-7(6)13-9-11-8-12-10-13/h2-5,8-10,13H,11-12H2,1H3. The number of aryl methyl sites for hydroxylation is 1. The highest BCUT2D eigenvalue weighted by molar-refractivity contribution is 6.83. The van der Waals surface area contributed by atoms with E-state index in [0.29, 0.717) is 0 Å². The molecular weight excluding hydrogens is 210 g/mol. The summed E-state index contributed by atoms with van der Waals surface area (Å²) in [5.74, 6) is 0. The van der Waals surface area contributed by atoms with Crippen molar-refractivity contribution in [2.45, 2.75) is 6.92 Å². The van der Waals surface area contributed by atoms with Gasteiger partial charge >= 0.3 is 0 Å². The van der Waals surface area contributed by atoms with Gasteiger partial charge in [0.25, 0.3) is 0 Å². The molecule has 13 heavy (non-hydrogen) atoms. The van der Waals surface area contributed by atoms with Crippen molar-refractivity contribution >= 4 is 34.0 Å². The Morgan fingerprint density at radius 2 is 1.85 bits per heavy atom. The number of hydrogen-bond donors (Lipinski definition) is 3. The molecule has 0 amide bonds. The minimum absolute atomic E-state index is 0.138. The van der Waals surface area contributed by atoms with E-state index in [1.807, 2.05) is 0 Å². The lowest BCUT2D eigenvalue weighted by molar-refractivity contribution is 1.24. The van der Waals surface area contributed by atoms with Crippen LogP contribution in [-0.2, 0) is 0 Å². The van der Waals surface area contributed by atoms with Gasteiger partial charge in [0.2, 0.25) is 9.12 Å². The van der Waals surface area contributed by atoms with E-state index in [9.17, 15) is 0 Å². The second-order valence-electron chi connectivity index (χ2n) is 3.30. The molecule has 6 heteroatoms. The van der Waals surface area contributed by atoms with Crippen LogP contribution in [0.1, 0.15) is 5.56 Å². The average Bonchev–Trinajstić information content (AvgIpc) is 2.20. The number of benzene rings is 1. The number of hydrogen-bond acceptors (Lipinski definition) is 3. The maximum atomic E-state index is 3.67. The van der Waals surface area contributed by atoms with Crippen molar-refractivity contribution in [2.24, 2.45) is 0 Å². The lowest BCUT2D eigenvalue weighted by Crippen LogP contribution is -2.68. The van der Waals surface area contributed by atoms with Crippen LogP contribution in [0.5, 0.6) is 0 Å². The lowest BCUT2D eigenvalue weighted by Gasteiger charge is -2.25. The topological polar surface area (TPSA) is 36.1 Å². The van der Waals surface area contributed by atoms with Crippen LogP contribution in [0.25, 0.3) is 0 Å². The van der Waals surface area contributed by atoms with E-state index in [0.717, 1.165) is 0 Å². The minimum Gasteiger partial charge on any atom is -0.346 e. The molecule has 1 fully saturated rings. The maximum absolute atomic E-state index is 3.67. The second-order valence-corrected chi connectivity index (χ2v) is 10.8. The van der Waals surface area contributed by atoms with Gasteiger partial charge in [-0.25, -0.2) is 0 Å². The van der Waals surface area contributed by atoms with Crippen molar-refractivity contribution in [3.8, 4) is 0 Å². The Hall–Kier alpha value is -0.249. The summed E-state index contributed by atoms with van der Waals surface area (Å²) in [5, 5.41) is 1.55. The summed E-state index contributed by atoms with van der Waals surface area (Å²) in [7, 11) is -1.24. The van der Waals surface area contributed by atoms with Gasteiger partial charge in [-0.15, -0.1) is 0 Å². The van der Waals surface area contributed by atoms with Gasteiger partial charge in [0.05, 0.1) is 0 Å². The molecule has 1 aromatic carbocycles. The van der Waals surface area contributed by atoms with Gasteiger partial charge in [-0.2, -0.15) is 0 Å². The van der Waals surface area contributed by atoms with Crippen LogP contribution in [-0.4, -0.2) is 28.8 Å². The SMILES string of the molecule is Cc1ccccc1[SiH]1N[SiH2]N[SiH2]N1. The summed E-state index contributed by atoms with van der Waals surface area (Å²) < 4.78 is 10.8. The largest absolute Gasteiger partial charge is 0.346 e. The molecule has 0 bridgehead atoms. The Bertz CT molecular complexity index is 288. The fourth-order valence-electron chi connectivity index (χ4n) is 1.61. The van der Waals surface area contributed by atoms with Crippen molar-refractivity contribution in [3.05, 3.63) is 29.8 Å². The van der Waals surface area contributed by atoms with Gasteiger partial charge in [0.1, 0.15) is 0 Å². The molecule has 0 saturated carbocycles. The second kappa shape index (κ2) is 4.31. The molecule has 1 aliphatic heterocycles. The van der Waals surface area contributed by atoms with Crippen LogP contribution in [0.2, 0.25) is 0 Å². The molecule has 0 aromatic heterocycles. The van der Waals surface area contributed by atoms with Gasteiger partial charge in [0, 0.05) is 0 Å². The Morgan fingerprint density at radius 1 is 1.15 bits per heavy atom. The molecule has 3 N–H and O–H groups in total. The van der Waals surface area contributed by atoms with Crippen LogP contribution < -0.4 is 19.1 Å². The third kappa shape index (κ3) is 2.16. The van der Waals surface area contributed by atoms with Crippen molar-refractivity contribution < 1.29 is 0 Å². The molecule has 70 valence electrons. The molecule has 0 atom stereocenters. The predicted octanol–water partition coefficient (Wildman–Crippen LogP) is -2.80. The number of nitrogens with one attached hydrogen (secondary N) is 3. The predicted molar refractivity (Wildman–Crippen MR) is 64.5 cm³/mol. The van der Waals surface area contributed by atoms with Gasteiger partial charge < -0.3 is 13.9 Å². The summed E-state index contributed by atoms with van der Waals surface area (Å²) in [6, 6.07) is 8.73. The summed E-state index contributed by atoms with van der Waals surface area (Å²) >= 11 is 0. The van der Waals surface area contributed by atoms with Crippen molar-refractivity contribution in [1.29, 1.82) is 0 Å². The van der Waals surface area contributed by atoms with Crippen LogP contribution in [0, 0.1) is 6.92 Å². The summed E-state index contributed by atoms with van der Waals surface area (Å²) in [6.45, 7) is 2.21. The summed E-state index contributed by atoms with van der Waals surface area (Å²) in [6.07, 6.45) is 0. The van der Waals surface area contributed by atoms with Crippen LogP contribution in [0.3, 0.4) is 0 Å². The number of rotatable bonds is 1. The Balaban J connectivity index is 2.18. The highest BCUT2D eigenvalue weighted by Gasteiger charge is 2.17. The van der Waals surface area contributed by atoms with Crippen LogP contribution >= 0.6 is 0 Å². The summed E-state index contributed by atoms with van der Waals surface area (Å²) in [4.78, 5) is 0. The zero-order valence-corrected chi connectivity index (χ0v) is 11.8. The molecule has 3 nitrogen and oxygen atoms in total. The molecule has 1 aromatic rings. The van der Waals surface area contributed by atoms with Gasteiger partial charge in [-0.05, 0) is 17.7 Å². The molecule has 2 rings (SSSR count). The van der Waals surface area contributed by atoms with E-state index in [1.54, 1.807) is 5.19 Å². The molecule has 0 aliphatic carbocycles. The lowest BCUT2D eigenvalue weighted by atomic mass is 10.2. The third-order valence-electron chi connectivity index (χ3n) is 2.36. The molecule has 1 saturated heterocycles. The van der Waals surface area contributed by atoms with Crippen molar-refractivity contribution in [2.75, 3.05) is 0 Å². The Labute approximate surface area is 85.0 Å². The molecule has 0 radical (unpaired) electrons. The highest BCUT2D eigenvalue weighted by Crippen LogP contribution is 1.93. The van der Waals surface area contributed by atoms with E-state index in [4.69, 9.17) is 0 Å². The Kier molecular flexibility index (Phi) is 3.09. The fraction of sp³-hybridized carbons (Fsp3) is 0.143. The molecule has 1 heterocycles. The smallest absolute Gasteiger partial charge is 0.205 e. The first kappa shape index (κ1) is 9.31. The van der Waals surface area contributed by atoms with Crippen LogP contribution in [0.15, 0.2) is 24.3 Å². The summed E-state index contributed by atoms with van der Waals surface area (Å²) in [5.41, 5.74) is 1.43. The van der Waals surface area contributed by atoms with E-state index >= 15 is 0 Å². The monoisotopic (exact) mass is 225 g/mol. The minimum atomic E-state index is -0.963. The first-order chi connectivity index (χ1) is 6.38. The third-order valence-corrected chi connectivity index (χ3v) is 10.5. The highest BCUT2D eigenvalue weighted by atomic mass is 28.4. The van der Waals surface area contributed by atoms with Crippen molar-refractivity contribution in [3.63, 3.8) is 0 Å². The van der Waals surface area contributed by atoms with E-state index in [1.165, 1.54) is 5.56 Å². The Morgan fingerprint density at radius 3 is 2.54 bits per heavy atom. The van der Waals surface area contributed by atoms with Crippen LogP contribution in [0.4, 0.5) is 0 Å². The van der Waals surface area contributed by atoms with Gasteiger partial charge in [0.15, 0.2) is 19.7 Å². The molecular formula is C7H15N3Si3. The molecule has 0 unspecified atom stereocenters. The first-order valence-electron chi connectivity index (χ1n) is 4.61. The zero-order chi connectivity index (χ0) is 9.10. The fourth-order valence-corrected chi connectivity index (χ4v) is 12.0. The quantitative estimate of drug-likeness (QED) is 0.452. The normalized spacial score (nSPS) is 26.7. The maximum Gasteiger partial charge on any atom is 0.205 e. The zero-order valence-electron chi connectivity index (χ0n) is 7.80. The van der Waals surface area contributed by atoms with E-state index in [2.05, 4.69) is 45.1 Å². The van der Waals surface area contributed by atoms with Gasteiger partial charge in [-0.1, -0.05) is 24.3 Å². The molecule has 1 aliphatic rings. The van der Waals surface area contributed by atoms with E-state index < -0.39 is 9.12 Å². The first-order valence-corrected chi connectivity index (χ1v) is 9.17. The van der Waals surface area contributed by atoms with Crippen molar-refractivity contribution in [1.82, 2.24) is 13.9 Å². The molecule has 0 spiro atoms.